The molecule has 1 aromatic heterocycles. The molecule has 0 spiro atoms. The molecule has 3 aromatic rings. The molecule has 6 rings (SSSR count). The highest BCUT2D eigenvalue weighted by Gasteiger charge is 2.56. The van der Waals surface area contributed by atoms with Crippen LogP contribution in [0.15, 0.2) is 58.4 Å². The van der Waals surface area contributed by atoms with Crippen LogP contribution in [0.2, 0.25) is 0 Å². The van der Waals surface area contributed by atoms with E-state index in [1.165, 1.54) is 23.9 Å². The lowest BCUT2D eigenvalue weighted by Gasteiger charge is -2.30. The Hall–Kier alpha value is -3.94. The lowest BCUT2D eigenvalue weighted by Crippen LogP contribution is -2.42. The first-order valence-corrected chi connectivity index (χ1v) is 15.2. The summed E-state index contributed by atoms with van der Waals surface area (Å²) in [5, 5.41) is -0.205. The van der Waals surface area contributed by atoms with Crippen LogP contribution in [0.3, 0.4) is 0 Å². The SMILES string of the molecule is CCOC(=O)c1ccc(N2C(=O)C3Sc4[nH]c(=O)sc4C(c4cccc(OCC(=O)N5CCOCC5)c4)C3C2=O)cc1. The van der Waals surface area contributed by atoms with Crippen LogP contribution in [0.25, 0.3) is 0 Å². The maximum absolute atomic E-state index is 14.0. The van der Waals surface area contributed by atoms with Crippen molar-refractivity contribution >= 4 is 52.5 Å². The molecule has 0 bridgehead atoms. The molecule has 0 aliphatic carbocycles. The van der Waals surface area contributed by atoms with E-state index in [0.29, 0.717) is 58.8 Å². The maximum Gasteiger partial charge on any atom is 0.338 e. The van der Waals surface area contributed by atoms with Crippen molar-refractivity contribution in [3.63, 3.8) is 0 Å². The smallest absolute Gasteiger partial charge is 0.338 e. The topological polar surface area (TPSA) is 135 Å². The predicted octanol–water partition coefficient (Wildman–Crippen LogP) is 2.65. The van der Waals surface area contributed by atoms with Crippen molar-refractivity contribution in [2.45, 2.75) is 23.1 Å². The number of ether oxygens (including phenoxy) is 3. The molecule has 13 heteroatoms. The number of esters is 1. The van der Waals surface area contributed by atoms with Crippen molar-refractivity contribution in [3.05, 3.63) is 74.2 Å². The Labute approximate surface area is 248 Å². The molecule has 3 atom stereocenters. The van der Waals surface area contributed by atoms with E-state index in [9.17, 15) is 24.0 Å². The molecule has 3 aliphatic rings. The molecule has 2 aromatic carbocycles. The van der Waals surface area contributed by atoms with Crippen molar-refractivity contribution in [2.75, 3.05) is 44.4 Å². The number of hydrogen-bond donors (Lipinski definition) is 1. The number of rotatable bonds is 7. The minimum atomic E-state index is -0.781. The van der Waals surface area contributed by atoms with E-state index in [-0.39, 0.29) is 24.0 Å². The van der Waals surface area contributed by atoms with Gasteiger partial charge in [-0.05, 0) is 48.9 Å². The number of fused-ring (bicyclic) bond motifs is 2. The summed E-state index contributed by atoms with van der Waals surface area (Å²) in [5.41, 5.74) is 1.36. The van der Waals surface area contributed by atoms with Gasteiger partial charge in [0, 0.05) is 23.9 Å². The molecule has 3 unspecified atom stereocenters. The van der Waals surface area contributed by atoms with Gasteiger partial charge in [-0.3, -0.25) is 19.2 Å². The molecule has 11 nitrogen and oxygen atoms in total. The Bertz CT molecular complexity index is 1590. The fraction of sp³-hybridized carbons (Fsp3) is 0.345. The Morgan fingerprint density at radius 3 is 2.55 bits per heavy atom. The third-order valence-corrected chi connectivity index (χ3v) is 9.80. The maximum atomic E-state index is 14.0. The van der Waals surface area contributed by atoms with Gasteiger partial charge < -0.3 is 24.1 Å². The lowest BCUT2D eigenvalue weighted by atomic mass is 9.83. The quantitative estimate of drug-likeness (QED) is 0.317. The number of carbonyl (C=O) groups excluding carboxylic acids is 4. The number of anilines is 1. The minimum absolute atomic E-state index is 0.147. The van der Waals surface area contributed by atoms with Gasteiger partial charge in [-0.25, -0.2) is 9.69 Å². The van der Waals surface area contributed by atoms with Crippen molar-refractivity contribution in [1.29, 1.82) is 0 Å². The Morgan fingerprint density at radius 2 is 1.81 bits per heavy atom. The first-order valence-electron chi connectivity index (χ1n) is 13.5. The number of hydrogen-bond acceptors (Lipinski definition) is 10. The predicted molar refractivity (Wildman–Crippen MR) is 154 cm³/mol. The zero-order valence-electron chi connectivity index (χ0n) is 22.6. The summed E-state index contributed by atoms with van der Waals surface area (Å²) in [5.74, 6) is -2.36. The second kappa shape index (κ2) is 11.7. The summed E-state index contributed by atoms with van der Waals surface area (Å²) < 4.78 is 16.2. The number of imide groups is 1. The number of thiazole rings is 1. The van der Waals surface area contributed by atoms with Crippen LogP contribution in [0.1, 0.15) is 33.6 Å². The van der Waals surface area contributed by atoms with Gasteiger partial charge in [0.2, 0.25) is 11.8 Å². The minimum Gasteiger partial charge on any atom is -0.484 e. The van der Waals surface area contributed by atoms with Crippen LogP contribution in [-0.4, -0.2) is 78.3 Å². The zero-order valence-corrected chi connectivity index (χ0v) is 24.2. The number of nitrogens with zero attached hydrogens (tertiary/aromatic N) is 2. The van der Waals surface area contributed by atoms with Crippen LogP contribution < -0.4 is 14.5 Å². The molecule has 0 saturated carbocycles. The fourth-order valence-electron chi connectivity index (χ4n) is 5.44. The first kappa shape index (κ1) is 28.2. The van der Waals surface area contributed by atoms with Crippen LogP contribution in [0, 0.1) is 5.92 Å². The summed E-state index contributed by atoms with van der Waals surface area (Å²) in [4.78, 5) is 70.8. The second-order valence-electron chi connectivity index (χ2n) is 9.88. The highest BCUT2D eigenvalue weighted by molar-refractivity contribution is 8.00. The molecule has 2 fully saturated rings. The van der Waals surface area contributed by atoms with E-state index in [4.69, 9.17) is 14.2 Å². The van der Waals surface area contributed by atoms with Crippen molar-refractivity contribution in [1.82, 2.24) is 9.88 Å². The number of amides is 3. The Kier molecular flexibility index (Phi) is 7.88. The number of H-pyrrole nitrogens is 1. The number of thioether (sulfide) groups is 1. The Balaban J connectivity index is 1.29. The molecule has 4 heterocycles. The van der Waals surface area contributed by atoms with Crippen LogP contribution in [0.5, 0.6) is 5.75 Å². The number of morpholine rings is 1. The lowest BCUT2D eigenvalue weighted by molar-refractivity contribution is -0.137. The molecule has 1 N–H and O–H groups in total. The summed E-state index contributed by atoms with van der Waals surface area (Å²) in [6, 6.07) is 13.2. The number of nitrogens with one attached hydrogen (secondary N) is 1. The molecular weight excluding hydrogens is 582 g/mol. The van der Waals surface area contributed by atoms with Crippen molar-refractivity contribution in [2.24, 2.45) is 5.92 Å². The number of aromatic amines is 1. The van der Waals surface area contributed by atoms with E-state index >= 15 is 0 Å². The van der Waals surface area contributed by atoms with Gasteiger partial charge in [0.1, 0.15) is 11.0 Å². The van der Waals surface area contributed by atoms with Gasteiger partial charge in [0.05, 0.1) is 42.0 Å². The largest absolute Gasteiger partial charge is 0.484 e. The van der Waals surface area contributed by atoms with Gasteiger partial charge in [-0.2, -0.15) is 0 Å². The molecule has 218 valence electrons. The van der Waals surface area contributed by atoms with E-state index < -0.39 is 34.9 Å². The van der Waals surface area contributed by atoms with Gasteiger partial charge in [-0.15, -0.1) is 0 Å². The summed E-state index contributed by atoms with van der Waals surface area (Å²) in [6.07, 6.45) is 0. The molecule has 0 radical (unpaired) electrons. The monoisotopic (exact) mass is 609 g/mol. The average molecular weight is 610 g/mol. The zero-order chi connectivity index (χ0) is 29.4. The van der Waals surface area contributed by atoms with Gasteiger partial charge in [0.15, 0.2) is 6.61 Å². The highest BCUT2D eigenvalue weighted by Crippen LogP contribution is 2.53. The Morgan fingerprint density at radius 1 is 1.05 bits per heavy atom. The normalized spacial score (nSPS) is 21.6. The molecular formula is C29H27N3O8S2. The summed E-state index contributed by atoms with van der Waals surface area (Å²) >= 11 is 2.20. The van der Waals surface area contributed by atoms with Crippen LogP contribution >= 0.6 is 23.1 Å². The first-order chi connectivity index (χ1) is 20.4. The number of aromatic nitrogens is 1. The standard InChI is InChI=1S/C29H27N3O8S2/c1-2-39-28(36)16-6-8-18(9-7-16)32-26(34)22-21(23-25(30-29(37)42-23)41-24(22)27(32)35)17-4-3-5-19(14-17)40-15-20(33)31-10-12-38-13-11-31/h3-9,14,21-22,24H,2,10-13,15H2,1H3,(H,30,37). The number of carbonyl (C=O) groups is 4. The fourth-order valence-corrected chi connectivity index (χ4v) is 7.95. The third-order valence-electron chi connectivity index (χ3n) is 7.40. The van der Waals surface area contributed by atoms with Gasteiger partial charge in [-0.1, -0.05) is 35.2 Å². The second-order valence-corrected chi connectivity index (χ2v) is 12.0. The van der Waals surface area contributed by atoms with Crippen LogP contribution in [0.4, 0.5) is 5.69 Å². The van der Waals surface area contributed by atoms with Gasteiger partial charge in [0.25, 0.3) is 5.91 Å². The summed E-state index contributed by atoms with van der Waals surface area (Å²) in [7, 11) is 0. The van der Waals surface area contributed by atoms with E-state index in [1.807, 2.05) is 6.07 Å². The van der Waals surface area contributed by atoms with E-state index in [2.05, 4.69) is 4.98 Å². The number of benzene rings is 2. The highest BCUT2D eigenvalue weighted by atomic mass is 32.2. The van der Waals surface area contributed by atoms with E-state index in [1.54, 1.807) is 42.2 Å². The molecule has 3 amide bonds. The summed E-state index contributed by atoms with van der Waals surface area (Å²) in [6.45, 7) is 3.80. The van der Waals surface area contributed by atoms with E-state index in [0.717, 1.165) is 16.2 Å². The van der Waals surface area contributed by atoms with Crippen molar-refractivity contribution in [3.8, 4) is 5.75 Å². The molecule has 3 aliphatic heterocycles. The molecule has 2 saturated heterocycles. The van der Waals surface area contributed by atoms with Crippen LogP contribution in [-0.2, 0) is 23.9 Å². The van der Waals surface area contributed by atoms with Gasteiger partial charge >= 0.3 is 10.8 Å². The van der Waals surface area contributed by atoms with Crippen molar-refractivity contribution < 1.29 is 33.4 Å². The average Bonchev–Trinajstić information content (AvgIpc) is 3.50. The molecule has 42 heavy (non-hydrogen) atoms. The third kappa shape index (κ3) is 5.23.